The zero-order valence-electron chi connectivity index (χ0n) is 11.5. The molecule has 0 aromatic heterocycles. The SMILES string of the molecule is CC1COc2c(C(=O)c3ccccc3)ccc(C([O])=O)c21. The minimum Gasteiger partial charge on any atom is -0.492 e. The fourth-order valence-electron chi connectivity index (χ4n) is 2.64. The van der Waals surface area contributed by atoms with Crippen molar-refractivity contribution in [3.05, 3.63) is 64.7 Å². The highest BCUT2D eigenvalue weighted by Crippen LogP contribution is 2.40. The van der Waals surface area contributed by atoms with Crippen molar-refractivity contribution in [2.75, 3.05) is 6.61 Å². The van der Waals surface area contributed by atoms with Gasteiger partial charge >= 0.3 is 5.97 Å². The second-order valence-corrected chi connectivity index (χ2v) is 5.10. The third kappa shape index (κ3) is 2.18. The Bertz CT molecular complexity index is 719. The Morgan fingerprint density at radius 1 is 1.05 bits per heavy atom. The van der Waals surface area contributed by atoms with Gasteiger partial charge in [0.15, 0.2) is 5.78 Å². The summed E-state index contributed by atoms with van der Waals surface area (Å²) in [5.41, 5.74) is 1.59. The molecular weight excluding hydrogens is 268 g/mol. The second kappa shape index (κ2) is 5.05. The molecular formula is C17H13O4. The lowest BCUT2D eigenvalue weighted by molar-refractivity contribution is 0.0571. The van der Waals surface area contributed by atoms with E-state index in [1.807, 2.05) is 13.0 Å². The molecule has 0 N–H and O–H groups in total. The summed E-state index contributed by atoms with van der Waals surface area (Å²) in [7, 11) is 0. The summed E-state index contributed by atoms with van der Waals surface area (Å²) >= 11 is 0. The highest BCUT2D eigenvalue weighted by Gasteiger charge is 2.31. The normalized spacial score (nSPS) is 16.1. The van der Waals surface area contributed by atoms with Crippen LogP contribution in [-0.2, 0) is 5.11 Å². The number of carbonyl (C=O) groups is 2. The van der Waals surface area contributed by atoms with E-state index in [0.29, 0.717) is 29.0 Å². The summed E-state index contributed by atoms with van der Waals surface area (Å²) < 4.78 is 5.56. The molecule has 1 aliphatic rings. The quantitative estimate of drug-likeness (QED) is 0.812. The number of hydrogen-bond acceptors (Lipinski definition) is 3. The maximum atomic E-state index is 12.6. The third-order valence-electron chi connectivity index (χ3n) is 3.67. The maximum Gasteiger partial charge on any atom is 0.386 e. The molecule has 1 atom stereocenters. The van der Waals surface area contributed by atoms with Crippen molar-refractivity contribution in [2.24, 2.45) is 0 Å². The first kappa shape index (κ1) is 13.4. The summed E-state index contributed by atoms with van der Waals surface area (Å²) in [5, 5.41) is 11.2. The molecule has 0 aliphatic carbocycles. The van der Waals surface area contributed by atoms with Gasteiger partial charge in [-0.25, -0.2) is 9.90 Å². The minimum atomic E-state index is -1.25. The molecule has 0 fully saturated rings. The lowest BCUT2D eigenvalue weighted by Crippen LogP contribution is -2.07. The van der Waals surface area contributed by atoms with Crippen LogP contribution in [0.4, 0.5) is 0 Å². The summed E-state index contributed by atoms with van der Waals surface area (Å²) in [6.45, 7) is 2.24. The Kier molecular flexibility index (Phi) is 3.22. The van der Waals surface area contributed by atoms with Crippen LogP contribution < -0.4 is 4.74 Å². The summed E-state index contributed by atoms with van der Waals surface area (Å²) in [5.74, 6) is -1.12. The Balaban J connectivity index is 2.14. The van der Waals surface area contributed by atoms with Crippen LogP contribution in [0.5, 0.6) is 5.75 Å². The van der Waals surface area contributed by atoms with Gasteiger partial charge in [-0.15, -0.1) is 0 Å². The zero-order valence-corrected chi connectivity index (χ0v) is 11.5. The van der Waals surface area contributed by atoms with Crippen LogP contribution in [0.25, 0.3) is 0 Å². The standard InChI is InChI=1S/C17H13O4/c1-10-9-21-16-13(8-7-12(14(10)16)17(19)20)15(18)11-5-3-2-4-6-11/h2-8,10H,9H2,1H3. The fraction of sp³-hybridized carbons (Fsp3) is 0.176. The van der Waals surface area contributed by atoms with Gasteiger partial charge in [0.1, 0.15) is 5.75 Å². The predicted octanol–water partition coefficient (Wildman–Crippen LogP) is 2.98. The van der Waals surface area contributed by atoms with Gasteiger partial charge in [-0.3, -0.25) is 4.79 Å². The van der Waals surface area contributed by atoms with Crippen molar-refractivity contribution >= 4 is 11.8 Å². The monoisotopic (exact) mass is 281 g/mol. The van der Waals surface area contributed by atoms with Crippen LogP contribution >= 0.6 is 0 Å². The maximum absolute atomic E-state index is 12.6. The van der Waals surface area contributed by atoms with E-state index in [1.165, 1.54) is 12.1 Å². The van der Waals surface area contributed by atoms with E-state index in [4.69, 9.17) is 4.74 Å². The van der Waals surface area contributed by atoms with Crippen LogP contribution in [0.15, 0.2) is 42.5 Å². The van der Waals surface area contributed by atoms with Crippen molar-refractivity contribution in [1.29, 1.82) is 0 Å². The van der Waals surface area contributed by atoms with Gasteiger partial charge in [0.05, 0.1) is 17.7 Å². The lowest BCUT2D eigenvalue weighted by atomic mass is 9.92. The van der Waals surface area contributed by atoms with Crippen molar-refractivity contribution in [3.8, 4) is 5.75 Å². The average Bonchev–Trinajstić information content (AvgIpc) is 2.89. The van der Waals surface area contributed by atoms with E-state index in [9.17, 15) is 14.7 Å². The molecule has 1 aliphatic heterocycles. The molecule has 0 bridgehead atoms. The first-order valence-corrected chi connectivity index (χ1v) is 6.70. The number of carbonyl (C=O) groups excluding carboxylic acids is 2. The molecule has 1 heterocycles. The third-order valence-corrected chi connectivity index (χ3v) is 3.67. The molecule has 2 aromatic carbocycles. The van der Waals surface area contributed by atoms with Gasteiger partial charge < -0.3 is 4.74 Å². The van der Waals surface area contributed by atoms with Gasteiger partial charge in [0.25, 0.3) is 0 Å². The number of rotatable bonds is 3. The molecule has 0 saturated heterocycles. The van der Waals surface area contributed by atoms with Crippen LogP contribution in [-0.4, -0.2) is 18.4 Å². The van der Waals surface area contributed by atoms with Crippen molar-refractivity contribution in [2.45, 2.75) is 12.8 Å². The molecule has 4 nitrogen and oxygen atoms in total. The molecule has 1 unspecified atom stereocenters. The number of hydrogen-bond donors (Lipinski definition) is 0. The van der Waals surface area contributed by atoms with Gasteiger partial charge in [0.2, 0.25) is 0 Å². The summed E-state index contributed by atoms with van der Waals surface area (Å²) in [6.07, 6.45) is 0. The molecule has 105 valence electrons. The Hall–Kier alpha value is -2.62. The highest BCUT2D eigenvalue weighted by atomic mass is 16.5. The van der Waals surface area contributed by atoms with Crippen LogP contribution in [0.3, 0.4) is 0 Å². The van der Waals surface area contributed by atoms with E-state index < -0.39 is 5.97 Å². The van der Waals surface area contributed by atoms with Crippen LogP contribution in [0.2, 0.25) is 0 Å². The van der Waals surface area contributed by atoms with E-state index in [0.717, 1.165) is 0 Å². The van der Waals surface area contributed by atoms with Gasteiger partial charge in [-0.05, 0) is 12.1 Å². The van der Waals surface area contributed by atoms with Crippen molar-refractivity contribution < 1.29 is 19.4 Å². The topological polar surface area (TPSA) is 63.3 Å². The minimum absolute atomic E-state index is 0.0728. The van der Waals surface area contributed by atoms with E-state index in [1.54, 1.807) is 24.3 Å². The molecule has 4 heteroatoms. The molecule has 0 amide bonds. The zero-order chi connectivity index (χ0) is 15.0. The number of ketones is 1. The molecule has 21 heavy (non-hydrogen) atoms. The smallest absolute Gasteiger partial charge is 0.386 e. The van der Waals surface area contributed by atoms with Gasteiger partial charge in [-0.2, -0.15) is 0 Å². The predicted molar refractivity (Wildman–Crippen MR) is 75.2 cm³/mol. The van der Waals surface area contributed by atoms with Gasteiger partial charge in [0, 0.05) is 17.0 Å². The Morgan fingerprint density at radius 2 is 1.71 bits per heavy atom. The highest BCUT2D eigenvalue weighted by molar-refractivity contribution is 6.11. The Labute approximate surface area is 122 Å². The Morgan fingerprint density at radius 3 is 2.38 bits per heavy atom. The average molecular weight is 281 g/mol. The van der Waals surface area contributed by atoms with E-state index >= 15 is 0 Å². The number of fused-ring (bicyclic) bond motifs is 1. The molecule has 0 saturated carbocycles. The lowest BCUT2D eigenvalue weighted by Gasteiger charge is -2.09. The van der Waals surface area contributed by atoms with Crippen LogP contribution in [0, 0.1) is 0 Å². The van der Waals surface area contributed by atoms with E-state index in [-0.39, 0.29) is 17.3 Å². The molecule has 2 aromatic rings. The summed E-state index contributed by atoms with van der Waals surface area (Å²) in [6, 6.07) is 11.8. The molecule has 1 radical (unpaired) electrons. The van der Waals surface area contributed by atoms with Crippen LogP contribution in [0.1, 0.15) is 44.7 Å². The second-order valence-electron chi connectivity index (χ2n) is 5.10. The largest absolute Gasteiger partial charge is 0.492 e. The van der Waals surface area contributed by atoms with Crippen molar-refractivity contribution in [1.82, 2.24) is 0 Å². The fourth-order valence-corrected chi connectivity index (χ4v) is 2.64. The van der Waals surface area contributed by atoms with Crippen molar-refractivity contribution in [3.63, 3.8) is 0 Å². The van der Waals surface area contributed by atoms with Gasteiger partial charge in [-0.1, -0.05) is 37.3 Å². The first-order chi connectivity index (χ1) is 10.1. The first-order valence-electron chi connectivity index (χ1n) is 6.70. The summed E-state index contributed by atoms with van der Waals surface area (Å²) in [4.78, 5) is 23.8. The number of ether oxygens (including phenoxy) is 1. The number of benzene rings is 2. The molecule has 3 rings (SSSR count). The van der Waals surface area contributed by atoms with E-state index in [2.05, 4.69) is 0 Å². The molecule has 0 spiro atoms.